The molecule has 1 aliphatic carbocycles. The average molecular weight is 319 g/mol. The molecule has 1 aliphatic rings. The second kappa shape index (κ2) is 6.67. The number of aldehydes is 1. The van der Waals surface area contributed by atoms with E-state index in [9.17, 15) is 4.79 Å². The second-order valence-corrected chi connectivity index (χ2v) is 12.8. The summed E-state index contributed by atoms with van der Waals surface area (Å²) in [6.45, 7) is 11.4. The van der Waals surface area contributed by atoms with Crippen LogP contribution in [0.4, 0.5) is 0 Å². The summed E-state index contributed by atoms with van der Waals surface area (Å²) in [6.07, 6.45) is 4.47. The molecule has 22 heavy (non-hydrogen) atoms. The molecule has 1 aromatic carbocycles. The van der Waals surface area contributed by atoms with Crippen molar-refractivity contribution in [3.05, 3.63) is 35.9 Å². The third-order valence-electron chi connectivity index (χ3n) is 5.50. The van der Waals surface area contributed by atoms with Crippen LogP contribution in [-0.2, 0) is 9.22 Å². The summed E-state index contributed by atoms with van der Waals surface area (Å²) in [5.41, 5.74) is 1.25. The molecular formula is C19H30O2Si. The number of rotatable bonds is 4. The molecule has 0 heterocycles. The van der Waals surface area contributed by atoms with Gasteiger partial charge >= 0.3 is 0 Å². The van der Waals surface area contributed by atoms with Gasteiger partial charge in [0.05, 0.1) is 6.10 Å². The Balaban J connectivity index is 2.29. The molecule has 0 bridgehead atoms. The van der Waals surface area contributed by atoms with E-state index in [1.54, 1.807) is 0 Å². The first-order valence-corrected chi connectivity index (χ1v) is 11.3. The van der Waals surface area contributed by atoms with E-state index in [0.29, 0.717) is 0 Å². The molecule has 0 aliphatic heterocycles. The number of carbonyl (C=O) groups excluding carboxylic acids is 1. The summed E-state index contributed by atoms with van der Waals surface area (Å²) in [5.74, 6) is 0.299. The molecule has 2 nitrogen and oxygen atoms in total. The molecule has 0 unspecified atom stereocenters. The molecule has 3 atom stereocenters. The van der Waals surface area contributed by atoms with E-state index >= 15 is 0 Å². The molecule has 1 saturated carbocycles. The molecule has 0 saturated heterocycles. The van der Waals surface area contributed by atoms with Crippen molar-refractivity contribution in [2.24, 2.45) is 5.92 Å². The average Bonchev–Trinajstić information content (AvgIpc) is 2.46. The fourth-order valence-corrected chi connectivity index (χ4v) is 4.54. The lowest BCUT2D eigenvalue weighted by Crippen LogP contribution is -2.47. The maximum atomic E-state index is 11.6. The Kier molecular flexibility index (Phi) is 5.28. The van der Waals surface area contributed by atoms with E-state index in [1.165, 1.54) is 5.56 Å². The predicted molar refractivity (Wildman–Crippen MR) is 94.7 cm³/mol. The molecule has 1 aromatic rings. The quantitative estimate of drug-likeness (QED) is 0.566. The van der Waals surface area contributed by atoms with Crippen LogP contribution in [0.15, 0.2) is 30.3 Å². The van der Waals surface area contributed by atoms with Gasteiger partial charge in [-0.3, -0.25) is 0 Å². The normalized spacial score (nSPS) is 26.7. The third kappa shape index (κ3) is 3.69. The number of hydrogen-bond donors (Lipinski definition) is 0. The maximum Gasteiger partial charge on any atom is 0.192 e. The van der Waals surface area contributed by atoms with Gasteiger partial charge in [-0.1, -0.05) is 57.5 Å². The van der Waals surface area contributed by atoms with Crippen LogP contribution in [0.1, 0.15) is 51.5 Å². The van der Waals surface area contributed by atoms with Crippen molar-refractivity contribution in [1.29, 1.82) is 0 Å². The van der Waals surface area contributed by atoms with Gasteiger partial charge in [0.1, 0.15) is 6.29 Å². The SMILES string of the molecule is CC(C)(C)[Si](C)(C)O[C@H]1CCC[C@@H](C=O)[C@H]1c1ccccc1. The van der Waals surface area contributed by atoms with Gasteiger partial charge in [0.25, 0.3) is 0 Å². The molecule has 0 spiro atoms. The summed E-state index contributed by atoms with van der Waals surface area (Å²) in [6, 6.07) is 10.5. The van der Waals surface area contributed by atoms with E-state index in [0.717, 1.165) is 25.5 Å². The summed E-state index contributed by atoms with van der Waals surface area (Å²) < 4.78 is 6.72. The zero-order valence-electron chi connectivity index (χ0n) is 14.6. The molecule has 0 radical (unpaired) electrons. The topological polar surface area (TPSA) is 26.3 Å². The zero-order chi connectivity index (χ0) is 16.4. The highest BCUT2D eigenvalue weighted by Crippen LogP contribution is 2.44. The van der Waals surface area contributed by atoms with E-state index < -0.39 is 8.32 Å². The lowest BCUT2D eigenvalue weighted by Gasteiger charge is -2.44. The van der Waals surface area contributed by atoms with Crippen molar-refractivity contribution in [2.75, 3.05) is 0 Å². The third-order valence-corrected chi connectivity index (χ3v) is 10.0. The van der Waals surface area contributed by atoms with Crippen LogP contribution in [0.25, 0.3) is 0 Å². The Labute approximate surface area is 136 Å². The van der Waals surface area contributed by atoms with Crippen LogP contribution in [0.3, 0.4) is 0 Å². The first-order valence-electron chi connectivity index (χ1n) is 8.44. The van der Waals surface area contributed by atoms with Gasteiger partial charge in [0.15, 0.2) is 8.32 Å². The van der Waals surface area contributed by atoms with Crippen LogP contribution in [0.2, 0.25) is 18.1 Å². The molecule has 122 valence electrons. The van der Waals surface area contributed by atoms with Crippen molar-refractivity contribution in [3.63, 3.8) is 0 Å². The molecule has 0 aromatic heterocycles. The van der Waals surface area contributed by atoms with Crippen molar-refractivity contribution in [2.45, 2.75) is 70.2 Å². The fourth-order valence-electron chi connectivity index (χ4n) is 3.17. The number of benzene rings is 1. The van der Waals surface area contributed by atoms with Crippen LogP contribution >= 0.6 is 0 Å². The highest BCUT2D eigenvalue weighted by atomic mass is 28.4. The zero-order valence-corrected chi connectivity index (χ0v) is 15.6. The largest absolute Gasteiger partial charge is 0.413 e. The minimum absolute atomic E-state index is 0.0888. The molecule has 1 fully saturated rings. The standard InChI is InChI=1S/C19H30O2Si/c1-19(2,3)22(4,5)21-17-13-9-12-16(14-20)18(17)15-10-7-6-8-11-15/h6-8,10-11,14,16-18H,9,12-13H2,1-5H3/t16-,17-,18+/m0/s1. The summed E-state index contributed by atoms with van der Waals surface area (Å²) in [4.78, 5) is 11.6. The molecule has 2 rings (SSSR count). The summed E-state index contributed by atoms with van der Waals surface area (Å²) in [5, 5.41) is 0.197. The van der Waals surface area contributed by atoms with Gasteiger partial charge in [-0.15, -0.1) is 0 Å². The first kappa shape index (κ1) is 17.4. The van der Waals surface area contributed by atoms with Gasteiger partial charge in [-0.25, -0.2) is 0 Å². The second-order valence-electron chi connectivity index (χ2n) is 8.08. The lowest BCUT2D eigenvalue weighted by molar-refractivity contribution is -0.113. The number of hydrogen-bond acceptors (Lipinski definition) is 2. The maximum absolute atomic E-state index is 11.6. The molecule has 0 amide bonds. The highest BCUT2D eigenvalue weighted by molar-refractivity contribution is 6.74. The Bertz CT molecular complexity index is 490. The van der Waals surface area contributed by atoms with Crippen LogP contribution in [-0.4, -0.2) is 20.7 Å². The predicted octanol–water partition coefficient (Wildman–Crippen LogP) is 5.16. The minimum Gasteiger partial charge on any atom is -0.413 e. The van der Waals surface area contributed by atoms with Crippen LogP contribution in [0.5, 0.6) is 0 Å². The lowest BCUT2D eigenvalue weighted by atomic mass is 9.74. The smallest absolute Gasteiger partial charge is 0.192 e. The molecule has 0 N–H and O–H groups in total. The summed E-state index contributed by atoms with van der Waals surface area (Å²) >= 11 is 0. The van der Waals surface area contributed by atoms with E-state index in [1.807, 2.05) is 6.07 Å². The van der Waals surface area contributed by atoms with E-state index in [2.05, 4.69) is 58.1 Å². The Morgan fingerprint density at radius 2 is 1.77 bits per heavy atom. The fraction of sp³-hybridized carbons (Fsp3) is 0.632. The van der Waals surface area contributed by atoms with E-state index in [-0.39, 0.29) is 23.0 Å². The minimum atomic E-state index is -1.83. The van der Waals surface area contributed by atoms with Crippen molar-refractivity contribution in [3.8, 4) is 0 Å². The molecule has 3 heteroatoms. The summed E-state index contributed by atoms with van der Waals surface area (Å²) in [7, 11) is -1.83. The van der Waals surface area contributed by atoms with Gasteiger partial charge < -0.3 is 9.22 Å². The van der Waals surface area contributed by atoms with Gasteiger partial charge in [0, 0.05) is 11.8 Å². The van der Waals surface area contributed by atoms with Gasteiger partial charge in [0.2, 0.25) is 0 Å². The van der Waals surface area contributed by atoms with Crippen molar-refractivity contribution < 1.29 is 9.22 Å². The van der Waals surface area contributed by atoms with E-state index in [4.69, 9.17) is 4.43 Å². The van der Waals surface area contributed by atoms with Gasteiger partial charge in [-0.05, 0) is 36.5 Å². The van der Waals surface area contributed by atoms with Crippen molar-refractivity contribution >= 4 is 14.6 Å². The molecular weight excluding hydrogens is 288 g/mol. The van der Waals surface area contributed by atoms with Crippen LogP contribution in [0, 0.1) is 5.92 Å². The highest BCUT2D eigenvalue weighted by Gasteiger charge is 2.43. The first-order chi connectivity index (χ1) is 10.3. The Morgan fingerprint density at radius 3 is 2.32 bits per heavy atom. The Morgan fingerprint density at radius 1 is 1.14 bits per heavy atom. The van der Waals surface area contributed by atoms with Crippen molar-refractivity contribution in [1.82, 2.24) is 0 Å². The van der Waals surface area contributed by atoms with Crippen LogP contribution < -0.4 is 0 Å². The number of carbonyl (C=O) groups is 1. The Hall–Kier alpha value is -0.933. The monoisotopic (exact) mass is 318 g/mol. The van der Waals surface area contributed by atoms with Gasteiger partial charge in [-0.2, -0.15) is 0 Å².